The van der Waals surface area contributed by atoms with Crippen LogP contribution in [0.1, 0.15) is 5.56 Å². The van der Waals surface area contributed by atoms with Crippen LogP contribution in [0.25, 0.3) is 0 Å². The van der Waals surface area contributed by atoms with E-state index in [1.807, 2.05) is 25.1 Å². The second kappa shape index (κ2) is 3.96. The smallest absolute Gasteiger partial charge is 0.153 e. The number of aryl methyl sites for hydroxylation is 1. The topological polar surface area (TPSA) is 63.8 Å². The van der Waals surface area contributed by atoms with Crippen LogP contribution in [0, 0.1) is 6.92 Å². The van der Waals surface area contributed by atoms with Crippen LogP contribution in [0.15, 0.2) is 36.8 Å². The van der Waals surface area contributed by atoms with E-state index in [2.05, 4.69) is 15.3 Å². The van der Waals surface area contributed by atoms with E-state index in [4.69, 9.17) is 5.73 Å². The van der Waals surface area contributed by atoms with E-state index >= 15 is 0 Å². The summed E-state index contributed by atoms with van der Waals surface area (Å²) in [5, 5.41) is 3.11. The van der Waals surface area contributed by atoms with Crippen molar-refractivity contribution in [2.45, 2.75) is 6.92 Å². The predicted octanol–water partition coefficient (Wildman–Crippen LogP) is 2.11. The Balaban J connectivity index is 2.29. The summed E-state index contributed by atoms with van der Waals surface area (Å²) < 4.78 is 0. The minimum Gasteiger partial charge on any atom is -0.396 e. The predicted molar refractivity (Wildman–Crippen MR) is 60.9 cm³/mol. The quantitative estimate of drug-likeness (QED) is 0.779. The number of rotatable bonds is 2. The number of nitrogens with two attached hydrogens (primary N) is 1. The van der Waals surface area contributed by atoms with Gasteiger partial charge in [-0.3, -0.25) is 4.98 Å². The maximum absolute atomic E-state index is 5.89. The molecule has 2 heterocycles. The van der Waals surface area contributed by atoms with E-state index in [0.29, 0.717) is 11.5 Å². The van der Waals surface area contributed by atoms with Gasteiger partial charge in [0.1, 0.15) is 0 Å². The second-order valence-corrected chi connectivity index (χ2v) is 3.26. The van der Waals surface area contributed by atoms with Crippen LogP contribution >= 0.6 is 0 Å². The van der Waals surface area contributed by atoms with Crippen molar-refractivity contribution in [1.82, 2.24) is 9.97 Å². The molecule has 0 aliphatic carbocycles. The fourth-order valence-corrected chi connectivity index (χ4v) is 1.24. The Labute approximate surface area is 88.2 Å². The van der Waals surface area contributed by atoms with Crippen molar-refractivity contribution in [2.75, 3.05) is 11.1 Å². The summed E-state index contributed by atoms with van der Waals surface area (Å²) in [5.41, 5.74) is 8.44. The van der Waals surface area contributed by atoms with Gasteiger partial charge in [0.2, 0.25) is 0 Å². The van der Waals surface area contributed by atoms with Gasteiger partial charge in [-0.15, -0.1) is 0 Å². The number of pyridine rings is 2. The third-order valence-electron chi connectivity index (χ3n) is 2.13. The van der Waals surface area contributed by atoms with Crippen LogP contribution in [0.4, 0.5) is 17.2 Å². The summed E-state index contributed by atoms with van der Waals surface area (Å²) in [7, 11) is 0. The summed E-state index contributed by atoms with van der Waals surface area (Å²) in [6.45, 7) is 1.95. The molecule has 4 heteroatoms. The first-order chi connectivity index (χ1) is 7.27. The molecule has 0 aliphatic heterocycles. The zero-order valence-corrected chi connectivity index (χ0v) is 8.44. The molecule has 0 bridgehead atoms. The van der Waals surface area contributed by atoms with Gasteiger partial charge in [0, 0.05) is 12.4 Å². The molecule has 0 saturated heterocycles. The van der Waals surface area contributed by atoms with Crippen LogP contribution in [0.5, 0.6) is 0 Å². The average molecular weight is 200 g/mol. The zero-order valence-electron chi connectivity index (χ0n) is 8.44. The fraction of sp³-hybridized carbons (Fsp3) is 0.0909. The van der Waals surface area contributed by atoms with Crippen molar-refractivity contribution < 1.29 is 0 Å². The number of nitrogens with one attached hydrogen (secondary N) is 1. The Morgan fingerprint density at radius 1 is 1.27 bits per heavy atom. The molecule has 0 spiro atoms. The van der Waals surface area contributed by atoms with Crippen molar-refractivity contribution in [3.8, 4) is 0 Å². The molecule has 0 amide bonds. The lowest BCUT2D eigenvalue weighted by atomic mass is 10.2. The molecule has 2 rings (SSSR count). The zero-order chi connectivity index (χ0) is 10.7. The molecule has 2 aromatic rings. The van der Waals surface area contributed by atoms with Crippen molar-refractivity contribution >= 4 is 17.2 Å². The number of nitrogen functional groups attached to an aromatic ring is 1. The van der Waals surface area contributed by atoms with Gasteiger partial charge in [0.15, 0.2) is 5.82 Å². The highest BCUT2D eigenvalue weighted by molar-refractivity contribution is 5.70. The third-order valence-corrected chi connectivity index (χ3v) is 2.13. The molecule has 4 nitrogen and oxygen atoms in total. The minimum atomic E-state index is 0.668. The molecule has 0 unspecified atom stereocenters. The number of nitrogens with zero attached hydrogens (tertiary/aromatic N) is 2. The molecule has 2 aromatic heterocycles. The lowest BCUT2D eigenvalue weighted by Crippen LogP contribution is -2.00. The molecule has 3 N–H and O–H groups in total. The summed E-state index contributed by atoms with van der Waals surface area (Å²) in [5.74, 6) is 0.669. The van der Waals surface area contributed by atoms with Gasteiger partial charge in [-0.05, 0) is 30.7 Å². The van der Waals surface area contributed by atoms with Crippen LogP contribution in [0.2, 0.25) is 0 Å². The molecule has 0 radical (unpaired) electrons. The van der Waals surface area contributed by atoms with Gasteiger partial charge >= 0.3 is 0 Å². The van der Waals surface area contributed by atoms with E-state index in [9.17, 15) is 0 Å². The highest BCUT2D eigenvalue weighted by Gasteiger charge is 2.02. The second-order valence-electron chi connectivity index (χ2n) is 3.26. The van der Waals surface area contributed by atoms with E-state index < -0.39 is 0 Å². The molecular weight excluding hydrogens is 188 g/mol. The highest BCUT2D eigenvalue weighted by Crippen LogP contribution is 2.22. The minimum absolute atomic E-state index is 0.668. The average Bonchev–Trinajstić information content (AvgIpc) is 2.26. The van der Waals surface area contributed by atoms with Crippen molar-refractivity contribution in [3.05, 3.63) is 42.4 Å². The van der Waals surface area contributed by atoms with Crippen molar-refractivity contribution in [2.24, 2.45) is 0 Å². The Morgan fingerprint density at radius 3 is 2.87 bits per heavy atom. The van der Waals surface area contributed by atoms with Crippen molar-refractivity contribution in [3.63, 3.8) is 0 Å². The molecule has 0 aromatic carbocycles. The SMILES string of the molecule is Cc1ccnc(Nc2cccnc2)c1N. The van der Waals surface area contributed by atoms with E-state index in [1.54, 1.807) is 18.6 Å². The first kappa shape index (κ1) is 9.45. The lowest BCUT2D eigenvalue weighted by molar-refractivity contribution is 1.26. The molecule has 0 atom stereocenters. The Kier molecular flexibility index (Phi) is 2.49. The van der Waals surface area contributed by atoms with Gasteiger partial charge in [-0.25, -0.2) is 4.98 Å². The summed E-state index contributed by atoms with van der Waals surface area (Å²) >= 11 is 0. The summed E-state index contributed by atoms with van der Waals surface area (Å²) in [6, 6.07) is 5.65. The molecular formula is C11H12N4. The number of hydrogen-bond acceptors (Lipinski definition) is 4. The fourth-order valence-electron chi connectivity index (χ4n) is 1.24. The van der Waals surface area contributed by atoms with Gasteiger partial charge < -0.3 is 11.1 Å². The monoisotopic (exact) mass is 200 g/mol. The molecule has 76 valence electrons. The molecule has 0 saturated carbocycles. The van der Waals surface area contributed by atoms with E-state index in [1.165, 1.54) is 0 Å². The number of hydrogen-bond donors (Lipinski definition) is 2. The third kappa shape index (κ3) is 2.04. The maximum Gasteiger partial charge on any atom is 0.153 e. The first-order valence-electron chi connectivity index (χ1n) is 4.65. The van der Waals surface area contributed by atoms with Gasteiger partial charge in [-0.2, -0.15) is 0 Å². The summed E-state index contributed by atoms with van der Waals surface area (Å²) in [4.78, 5) is 8.17. The van der Waals surface area contributed by atoms with Crippen LogP contribution in [0.3, 0.4) is 0 Å². The van der Waals surface area contributed by atoms with Crippen LogP contribution in [-0.4, -0.2) is 9.97 Å². The van der Waals surface area contributed by atoms with E-state index in [-0.39, 0.29) is 0 Å². The van der Waals surface area contributed by atoms with Gasteiger partial charge in [-0.1, -0.05) is 0 Å². The van der Waals surface area contributed by atoms with Crippen molar-refractivity contribution in [1.29, 1.82) is 0 Å². The van der Waals surface area contributed by atoms with Gasteiger partial charge in [0.05, 0.1) is 17.6 Å². The van der Waals surface area contributed by atoms with Gasteiger partial charge in [0.25, 0.3) is 0 Å². The van der Waals surface area contributed by atoms with Crippen LogP contribution in [-0.2, 0) is 0 Å². The molecule has 15 heavy (non-hydrogen) atoms. The largest absolute Gasteiger partial charge is 0.396 e. The standard InChI is InChI=1S/C11H12N4/c1-8-4-6-14-11(10(8)12)15-9-3-2-5-13-7-9/h2-7H,12H2,1H3,(H,14,15). The molecule has 0 fully saturated rings. The van der Waals surface area contributed by atoms with E-state index in [0.717, 1.165) is 11.3 Å². The number of anilines is 3. The van der Waals surface area contributed by atoms with Crippen LogP contribution < -0.4 is 11.1 Å². The first-order valence-corrected chi connectivity index (χ1v) is 4.65. The lowest BCUT2D eigenvalue weighted by Gasteiger charge is -2.08. The number of aromatic nitrogens is 2. The Morgan fingerprint density at radius 2 is 2.13 bits per heavy atom. The highest BCUT2D eigenvalue weighted by atomic mass is 15.0. The maximum atomic E-state index is 5.89. The Hall–Kier alpha value is -2.10. The normalized spacial score (nSPS) is 9.93. The summed E-state index contributed by atoms with van der Waals surface area (Å²) in [6.07, 6.45) is 5.17. The molecule has 0 aliphatic rings. The Bertz CT molecular complexity index is 453.